The maximum absolute atomic E-state index is 13.7. The van der Waals surface area contributed by atoms with Crippen molar-refractivity contribution in [1.82, 2.24) is 16.0 Å². The standard InChI is InChI=1S/C35H42N4O7S/c1-25(2)22-30(39-35(43)46-24-27-14-8-4-9-15-27)34(42)38-31(23-26-12-6-3-7-13-26)33(41)37-28(18-19-32(36)40)20-21-47(44,45)29-16-10-5-11-17-29/h3-17,20-21,25,28,30-31H,18-19,22-24H2,1-2H3,(H2,36,40)(H,37,41)(H,38,42)(H,39,43)/b21-20+/t28-,30-,31-/m0/s1. The molecule has 0 aliphatic carbocycles. The van der Waals surface area contributed by atoms with Gasteiger partial charge in [0.2, 0.25) is 17.7 Å². The van der Waals surface area contributed by atoms with Crippen molar-refractivity contribution in [3.05, 3.63) is 114 Å². The highest BCUT2D eigenvalue weighted by Gasteiger charge is 2.29. The van der Waals surface area contributed by atoms with Crippen LogP contribution in [-0.2, 0) is 42.0 Å². The van der Waals surface area contributed by atoms with Crippen LogP contribution in [-0.4, -0.2) is 50.4 Å². The molecule has 250 valence electrons. The van der Waals surface area contributed by atoms with E-state index in [0.29, 0.717) is 0 Å². The Balaban J connectivity index is 1.80. The number of carbonyl (C=O) groups excluding carboxylic acids is 4. The van der Waals surface area contributed by atoms with Crippen LogP contribution >= 0.6 is 0 Å². The molecule has 11 nitrogen and oxygen atoms in total. The van der Waals surface area contributed by atoms with Gasteiger partial charge in [-0.3, -0.25) is 14.4 Å². The highest BCUT2D eigenvalue weighted by atomic mass is 32.2. The largest absolute Gasteiger partial charge is 0.445 e. The van der Waals surface area contributed by atoms with Gasteiger partial charge in [0, 0.05) is 24.3 Å². The van der Waals surface area contributed by atoms with Gasteiger partial charge < -0.3 is 26.4 Å². The lowest BCUT2D eigenvalue weighted by atomic mass is 10.0. The lowest BCUT2D eigenvalue weighted by molar-refractivity contribution is -0.130. The number of sulfone groups is 1. The van der Waals surface area contributed by atoms with Crippen LogP contribution < -0.4 is 21.7 Å². The van der Waals surface area contributed by atoms with Crippen LogP contribution in [0.15, 0.2) is 107 Å². The van der Waals surface area contributed by atoms with Crippen molar-refractivity contribution < 1.29 is 32.3 Å². The minimum atomic E-state index is -3.84. The van der Waals surface area contributed by atoms with E-state index < -0.39 is 51.8 Å². The predicted octanol–water partition coefficient (Wildman–Crippen LogP) is 3.79. The second-order valence-corrected chi connectivity index (χ2v) is 13.3. The number of hydrogen-bond acceptors (Lipinski definition) is 7. The molecule has 0 saturated heterocycles. The Bertz CT molecular complexity index is 1600. The first-order valence-corrected chi connectivity index (χ1v) is 16.9. The molecule has 0 radical (unpaired) electrons. The van der Waals surface area contributed by atoms with Crippen molar-refractivity contribution in [2.75, 3.05) is 0 Å². The number of nitrogens with two attached hydrogens (primary N) is 1. The third-order valence-electron chi connectivity index (χ3n) is 7.04. The van der Waals surface area contributed by atoms with Crippen molar-refractivity contribution in [2.45, 2.75) is 69.2 Å². The topological polar surface area (TPSA) is 174 Å². The SMILES string of the molecule is CC(C)C[C@H](NC(=O)OCc1ccccc1)C(=O)N[C@@H](Cc1ccccc1)C(=O)N[C@H](/C=C/S(=O)(=O)c1ccccc1)CCC(N)=O. The Morgan fingerprint density at radius 3 is 1.89 bits per heavy atom. The van der Waals surface area contributed by atoms with Crippen molar-refractivity contribution >= 4 is 33.7 Å². The van der Waals surface area contributed by atoms with E-state index in [2.05, 4.69) is 16.0 Å². The van der Waals surface area contributed by atoms with E-state index in [1.165, 1.54) is 18.2 Å². The van der Waals surface area contributed by atoms with Crippen LogP contribution in [0.5, 0.6) is 0 Å². The number of amides is 4. The number of benzene rings is 3. The smallest absolute Gasteiger partial charge is 0.408 e. The molecule has 12 heteroatoms. The average Bonchev–Trinajstić information content (AvgIpc) is 3.05. The van der Waals surface area contributed by atoms with Crippen LogP contribution in [0.25, 0.3) is 0 Å². The molecule has 0 fully saturated rings. The van der Waals surface area contributed by atoms with Gasteiger partial charge in [0.15, 0.2) is 9.84 Å². The lowest BCUT2D eigenvalue weighted by Crippen LogP contribution is -2.55. The number of carbonyl (C=O) groups is 4. The van der Waals surface area contributed by atoms with Crippen LogP contribution in [0.3, 0.4) is 0 Å². The van der Waals surface area contributed by atoms with Gasteiger partial charge >= 0.3 is 6.09 Å². The van der Waals surface area contributed by atoms with Gasteiger partial charge in [0.1, 0.15) is 18.7 Å². The lowest BCUT2D eigenvalue weighted by Gasteiger charge is -2.25. The van der Waals surface area contributed by atoms with E-state index in [4.69, 9.17) is 10.5 Å². The van der Waals surface area contributed by atoms with Gasteiger partial charge in [-0.2, -0.15) is 0 Å². The van der Waals surface area contributed by atoms with Crippen LogP contribution in [0.1, 0.15) is 44.2 Å². The molecule has 5 N–H and O–H groups in total. The molecule has 0 heterocycles. The summed E-state index contributed by atoms with van der Waals surface area (Å²) in [6.45, 7) is 3.80. The summed E-state index contributed by atoms with van der Waals surface area (Å²) in [6, 6.07) is 22.8. The van der Waals surface area contributed by atoms with Gasteiger partial charge in [-0.05, 0) is 42.0 Å². The van der Waals surface area contributed by atoms with Gasteiger partial charge in [-0.1, -0.05) is 98.8 Å². The molecule has 0 aliphatic rings. The number of alkyl carbamates (subject to hydrolysis) is 1. The van der Waals surface area contributed by atoms with E-state index >= 15 is 0 Å². The molecular formula is C35H42N4O7S. The molecular weight excluding hydrogens is 620 g/mol. The monoisotopic (exact) mass is 662 g/mol. The fraction of sp³-hybridized carbons (Fsp3) is 0.314. The third-order valence-corrected chi connectivity index (χ3v) is 8.48. The Morgan fingerprint density at radius 1 is 0.766 bits per heavy atom. The third kappa shape index (κ3) is 13.1. The molecule has 0 spiro atoms. The Labute approximate surface area is 275 Å². The van der Waals surface area contributed by atoms with E-state index in [1.807, 2.05) is 38.1 Å². The normalized spacial score (nSPS) is 13.3. The molecule has 0 aromatic heterocycles. The van der Waals surface area contributed by atoms with Crippen LogP contribution in [0, 0.1) is 5.92 Å². The van der Waals surface area contributed by atoms with Crippen LogP contribution in [0.4, 0.5) is 4.79 Å². The zero-order chi connectivity index (χ0) is 34.2. The molecule has 0 bridgehead atoms. The maximum Gasteiger partial charge on any atom is 0.408 e. The fourth-order valence-electron chi connectivity index (χ4n) is 4.63. The van der Waals surface area contributed by atoms with Gasteiger partial charge in [-0.25, -0.2) is 13.2 Å². The summed E-state index contributed by atoms with van der Waals surface area (Å²) >= 11 is 0. The first kappa shape index (κ1) is 36.5. The van der Waals surface area contributed by atoms with Crippen LogP contribution in [0.2, 0.25) is 0 Å². The molecule has 3 atom stereocenters. The van der Waals surface area contributed by atoms with E-state index in [0.717, 1.165) is 16.5 Å². The fourth-order valence-corrected chi connectivity index (χ4v) is 5.72. The first-order chi connectivity index (χ1) is 22.4. The number of nitrogens with one attached hydrogen (secondary N) is 3. The molecule has 3 rings (SSSR count). The summed E-state index contributed by atoms with van der Waals surface area (Å²) in [5, 5.41) is 9.11. The second-order valence-electron chi connectivity index (χ2n) is 11.4. The second kappa shape index (κ2) is 18.2. The van der Waals surface area contributed by atoms with Gasteiger partial charge in [0.05, 0.1) is 4.90 Å². The predicted molar refractivity (Wildman–Crippen MR) is 178 cm³/mol. The van der Waals surface area contributed by atoms with E-state index in [1.54, 1.807) is 54.6 Å². The number of hydrogen-bond donors (Lipinski definition) is 4. The number of primary amides is 1. The Kier molecular flexibility index (Phi) is 14.2. The highest BCUT2D eigenvalue weighted by molar-refractivity contribution is 7.94. The number of ether oxygens (including phenoxy) is 1. The minimum Gasteiger partial charge on any atom is -0.445 e. The van der Waals surface area contributed by atoms with E-state index in [-0.39, 0.29) is 43.1 Å². The highest BCUT2D eigenvalue weighted by Crippen LogP contribution is 2.14. The molecule has 0 saturated carbocycles. The number of rotatable bonds is 17. The zero-order valence-corrected chi connectivity index (χ0v) is 27.3. The molecule has 47 heavy (non-hydrogen) atoms. The summed E-state index contributed by atoms with van der Waals surface area (Å²) in [4.78, 5) is 51.6. The van der Waals surface area contributed by atoms with Crippen molar-refractivity contribution in [2.24, 2.45) is 11.7 Å². The average molecular weight is 663 g/mol. The Hall–Kier alpha value is -4.97. The molecule has 0 unspecified atom stereocenters. The summed E-state index contributed by atoms with van der Waals surface area (Å²) in [6.07, 6.45) is 0.777. The molecule has 0 aliphatic heterocycles. The van der Waals surface area contributed by atoms with Gasteiger partial charge in [0.25, 0.3) is 0 Å². The molecule has 3 aromatic rings. The summed E-state index contributed by atoms with van der Waals surface area (Å²) in [5.74, 6) is -1.83. The summed E-state index contributed by atoms with van der Waals surface area (Å²) in [5.41, 5.74) is 6.87. The minimum absolute atomic E-state index is 0.0106. The summed E-state index contributed by atoms with van der Waals surface area (Å²) in [7, 11) is -3.84. The zero-order valence-electron chi connectivity index (χ0n) is 26.5. The van der Waals surface area contributed by atoms with Crippen molar-refractivity contribution in [3.8, 4) is 0 Å². The Morgan fingerprint density at radius 2 is 1.32 bits per heavy atom. The molecule has 4 amide bonds. The van der Waals surface area contributed by atoms with E-state index in [9.17, 15) is 27.6 Å². The van der Waals surface area contributed by atoms with Crippen molar-refractivity contribution in [1.29, 1.82) is 0 Å². The quantitative estimate of drug-likeness (QED) is 0.170. The summed E-state index contributed by atoms with van der Waals surface area (Å²) < 4.78 is 31.1. The molecule has 3 aromatic carbocycles. The first-order valence-electron chi connectivity index (χ1n) is 15.3. The van der Waals surface area contributed by atoms with Crippen molar-refractivity contribution in [3.63, 3.8) is 0 Å². The van der Waals surface area contributed by atoms with Gasteiger partial charge in [-0.15, -0.1) is 0 Å². The maximum atomic E-state index is 13.7.